The molecule has 33 heavy (non-hydrogen) atoms. The zero-order valence-corrected chi connectivity index (χ0v) is 21.5. The van der Waals surface area contributed by atoms with Gasteiger partial charge in [-0.25, -0.2) is 4.98 Å². The number of likely N-dealkylation sites (tertiary alicyclic amines) is 1. The predicted octanol–water partition coefficient (Wildman–Crippen LogP) is 3.95. The van der Waals surface area contributed by atoms with E-state index >= 15 is 0 Å². The molecule has 8 heteroatoms. The van der Waals surface area contributed by atoms with E-state index in [0.29, 0.717) is 24.8 Å². The second kappa shape index (κ2) is 10.1. The van der Waals surface area contributed by atoms with Crippen LogP contribution in [0.15, 0.2) is 53.7 Å². The summed E-state index contributed by atoms with van der Waals surface area (Å²) in [6.45, 7) is 5.30. The molecule has 174 valence electrons. The van der Waals surface area contributed by atoms with Crippen LogP contribution in [0.25, 0.3) is 5.65 Å². The van der Waals surface area contributed by atoms with Crippen molar-refractivity contribution in [3.8, 4) is 0 Å². The molecular formula is C25H31IN6O. The number of imidazole rings is 1. The third kappa shape index (κ3) is 4.71. The minimum Gasteiger partial charge on any atom is -0.350 e. The smallest absolute Gasteiger partial charge is 0.222 e. The number of benzene rings is 1. The highest BCUT2D eigenvalue weighted by atomic mass is 127. The standard InChI is InChI=1S/C25H30N6O.HI/c1-18-7-5-10-23-28-20(17-30(18)23)15-27-25(26-2)31-16-19(21-8-3-4-9-22(21)31)12-14-29-13-6-11-24(29)32;/h3-5,7-10,17,19H,6,11-16H2,1-2H3,(H,26,27);1H. The number of para-hydroxylation sites is 1. The van der Waals surface area contributed by atoms with Gasteiger partial charge in [-0.15, -0.1) is 24.0 Å². The summed E-state index contributed by atoms with van der Waals surface area (Å²) in [5.74, 6) is 1.54. The number of anilines is 1. The Morgan fingerprint density at radius 1 is 1.21 bits per heavy atom. The highest BCUT2D eigenvalue weighted by Crippen LogP contribution is 2.38. The van der Waals surface area contributed by atoms with Crippen molar-refractivity contribution in [2.75, 3.05) is 31.6 Å². The van der Waals surface area contributed by atoms with Crippen molar-refractivity contribution >= 4 is 47.2 Å². The van der Waals surface area contributed by atoms with Gasteiger partial charge < -0.3 is 19.5 Å². The number of carbonyl (C=O) groups excluding carboxylic acids is 1. The number of fused-ring (bicyclic) bond motifs is 2. The number of rotatable bonds is 5. The Morgan fingerprint density at radius 3 is 2.82 bits per heavy atom. The van der Waals surface area contributed by atoms with Crippen LogP contribution in [0.4, 0.5) is 5.69 Å². The number of aromatic nitrogens is 2. The second-order valence-electron chi connectivity index (χ2n) is 8.67. The molecule has 0 bridgehead atoms. The van der Waals surface area contributed by atoms with Gasteiger partial charge in [0.25, 0.3) is 0 Å². The van der Waals surface area contributed by atoms with Crippen LogP contribution in [0.2, 0.25) is 0 Å². The first-order valence-corrected chi connectivity index (χ1v) is 11.4. The van der Waals surface area contributed by atoms with Crippen LogP contribution >= 0.6 is 24.0 Å². The van der Waals surface area contributed by atoms with E-state index in [1.807, 2.05) is 24.1 Å². The summed E-state index contributed by atoms with van der Waals surface area (Å²) in [6, 6.07) is 14.7. The number of nitrogens with zero attached hydrogens (tertiary/aromatic N) is 5. The van der Waals surface area contributed by atoms with Crippen LogP contribution in [-0.2, 0) is 11.3 Å². The summed E-state index contributed by atoms with van der Waals surface area (Å²) in [6.07, 6.45) is 4.75. The van der Waals surface area contributed by atoms with E-state index in [1.165, 1.54) is 16.9 Å². The molecule has 7 nitrogen and oxygen atoms in total. The normalized spacial score (nSPS) is 18.1. The topological polar surface area (TPSA) is 65.2 Å². The van der Waals surface area contributed by atoms with E-state index in [1.54, 1.807) is 0 Å². The lowest BCUT2D eigenvalue weighted by atomic mass is 9.98. The predicted molar refractivity (Wildman–Crippen MR) is 143 cm³/mol. The second-order valence-corrected chi connectivity index (χ2v) is 8.67. The molecule has 0 radical (unpaired) electrons. The number of pyridine rings is 1. The average Bonchev–Trinajstić information content (AvgIpc) is 3.51. The maximum atomic E-state index is 12.0. The molecule has 1 unspecified atom stereocenters. The molecule has 2 aliphatic heterocycles. The minimum atomic E-state index is 0. The molecule has 1 saturated heterocycles. The van der Waals surface area contributed by atoms with Gasteiger partial charge in [0.2, 0.25) is 5.91 Å². The fourth-order valence-corrected chi connectivity index (χ4v) is 4.94. The lowest BCUT2D eigenvalue weighted by Crippen LogP contribution is -2.40. The maximum absolute atomic E-state index is 12.0. The van der Waals surface area contributed by atoms with Gasteiger partial charge in [0.05, 0.1) is 12.2 Å². The lowest BCUT2D eigenvalue weighted by Gasteiger charge is -2.23. The van der Waals surface area contributed by atoms with E-state index in [2.05, 4.69) is 63.1 Å². The van der Waals surface area contributed by atoms with Gasteiger partial charge in [0.15, 0.2) is 5.96 Å². The van der Waals surface area contributed by atoms with Gasteiger partial charge in [-0.3, -0.25) is 9.79 Å². The van der Waals surface area contributed by atoms with Gasteiger partial charge in [-0.05, 0) is 43.5 Å². The van der Waals surface area contributed by atoms with Crippen molar-refractivity contribution in [3.63, 3.8) is 0 Å². The molecule has 4 heterocycles. The first kappa shape index (κ1) is 23.5. The fraction of sp³-hybridized carbons (Fsp3) is 0.400. The molecule has 0 aliphatic carbocycles. The summed E-state index contributed by atoms with van der Waals surface area (Å²) in [4.78, 5) is 25.6. The zero-order chi connectivity index (χ0) is 22.1. The highest BCUT2D eigenvalue weighted by molar-refractivity contribution is 14.0. The number of carbonyl (C=O) groups is 1. The Labute approximate surface area is 211 Å². The van der Waals surface area contributed by atoms with Gasteiger partial charge in [0, 0.05) is 56.6 Å². The third-order valence-electron chi connectivity index (χ3n) is 6.63. The Kier molecular flexibility index (Phi) is 7.21. The van der Waals surface area contributed by atoms with Crippen molar-refractivity contribution in [1.29, 1.82) is 0 Å². The molecule has 1 amide bonds. The molecule has 2 aromatic heterocycles. The summed E-state index contributed by atoms with van der Waals surface area (Å²) in [7, 11) is 1.83. The fourth-order valence-electron chi connectivity index (χ4n) is 4.94. The summed E-state index contributed by atoms with van der Waals surface area (Å²) < 4.78 is 2.11. The van der Waals surface area contributed by atoms with Gasteiger partial charge in [-0.1, -0.05) is 24.3 Å². The van der Waals surface area contributed by atoms with Crippen LogP contribution in [0.3, 0.4) is 0 Å². The number of nitrogens with one attached hydrogen (secondary N) is 1. The molecule has 1 fully saturated rings. The molecule has 5 rings (SSSR count). The number of amides is 1. The van der Waals surface area contributed by atoms with Crippen molar-refractivity contribution < 1.29 is 4.79 Å². The molecule has 3 aromatic rings. The summed E-state index contributed by atoms with van der Waals surface area (Å²) >= 11 is 0. The van der Waals surface area contributed by atoms with E-state index in [9.17, 15) is 4.79 Å². The summed E-state index contributed by atoms with van der Waals surface area (Å²) in [5.41, 5.74) is 5.64. The first-order chi connectivity index (χ1) is 15.6. The number of halogens is 1. The largest absolute Gasteiger partial charge is 0.350 e. The molecule has 1 aromatic carbocycles. The van der Waals surface area contributed by atoms with Gasteiger partial charge in [0.1, 0.15) is 5.65 Å². The number of aliphatic imine (C=N–C) groups is 1. The summed E-state index contributed by atoms with van der Waals surface area (Å²) in [5, 5.41) is 3.51. The Bertz CT molecular complexity index is 1170. The maximum Gasteiger partial charge on any atom is 0.222 e. The van der Waals surface area contributed by atoms with E-state index in [0.717, 1.165) is 49.8 Å². The van der Waals surface area contributed by atoms with E-state index in [-0.39, 0.29) is 24.0 Å². The van der Waals surface area contributed by atoms with Gasteiger partial charge >= 0.3 is 0 Å². The van der Waals surface area contributed by atoms with Crippen LogP contribution in [0.5, 0.6) is 0 Å². The van der Waals surface area contributed by atoms with Crippen LogP contribution in [0, 0.1) is 6.92 Å². The number of hydrogen-bond donors (Lipinski definition) is 1. The van der Waals surface area contributed by atoms with Crippen LogP contribution in [0.1, 0.15) is 42.1 Å². The molecule has 2 aliphatic rings. The minimum absolute atomic E-state index is 0. The first-order valence-electron chi connectivity index (χ1n) is 11.4. The van der Waals surface area contributed by atoms with E-state index in [4.69, 9.17) is 4.98 Å². The monoisotopic (exact) mass is 558 g/mol. The third-order valence-corrected chi connectivity index (χ3v) is 6.63. The molecule has 0 saturated carbocycles. The Hall–Kier alpha value is -2.62. The van der Waals surface area contributed by atoms with Crippen molar-refractivity contribution in [2.45, 2.75) is 38.6 Å². The number of hydrogen-bond acceptors (Lipinski definition) is 3. The van der Waals surface area contributed by atoms with Crippen LogP contribution < -0.4 is 10.2 Å². The molecular weight excluding hydrogens is 527 g/mol. The Morgan fingerprint density at radius 2 is 2.06 bits per heavy atom. The number of guanidine groups is 1. The number of aryl methyl sites for hydroxylation is 1. The lowest BCUT2D eigenvalue weighted by molar-refractivity contribution is -0.127. The van der Waals surface area contributed by atoms with E-state index < -0.39 is 0 Å². The van der Waals surface area contributed by atoms with Gasteiger partial charge in [-0.2, -0.15) is 0 Å². The molecule has 0 spiro atoms. The van der Waals surface area contributed by atoms with Crippen molar-refractivity contribution in [3.05, 3.63) is 65.6 Å². The zero-order valence-electron chi connectivity index (χ0n) is 19.2. The quantitative estimate of drug-likeness (QED) is 0.293. The van der Waals surface area contributed by atoms with Crippen molar-refractivity contribution in [1.82, 2.24) is 19.6 Å². The highest BCUT2D eigenvalue weighted by Gasteiger charge is 2.32. The molecule has 1 N–H and O–H groups in total. The van der Waals surface area contributed by atoms with Crippen LogP contribution in [-0.4, -0.2) is 52.8 Å². The molecule has 1 atom stereocenters. The van der Waals surface area contributed by atoms with Crippen molar-refractivity contribution in [2.24, 2.45) is 4.99 Å². The average molecular weight is 558 g/mol. The SMILES string of the molecule is CN=C(NCc1cn2c(C)cccc2n1)N1CC(CCN2CCCC2=O)c2ccccc21.I. The Balaban J connectivity index is 0.00000259.